The second kappa shape index (κ2) is 16.4. The molecular weight excluding hydrogens is 861 g/mol. The van der Waals surface area contributed by atoms with Gasteiger partial charge < -0.3 is 29.9 Å². The third-order valence-electron chi connectivity index (χ3n) is 9.06. The summed E-state index contributed by atoms with van der Waals surface area (Å²) in [5, 5.41) is 69.1. The van der Waals surface area contributed by atoms with Gasteiger partial charge in [0.2, 0.25) is 23.1 Å². The van der Waals surface area contributed by atoms with Crippen molar-refractivity contribution in [3.8, 4) is 40.1 Å². The molecule has 21 nitrogen and oxygen atoms in total. The zero-order chi connectivity index (χ0) is 45.5. The van der Waals surface area contributed by atoms with Gasteiger partial charge in [0, 0.05) is 28.3 Å². The van der Waals surface area contributed by atoms with Crippen molar-refractivity contribution in [3.63, 3.8) is 0 Å². The zero-order valence-electron chi connectivity index (χ0n) is 33.5. The van der Waals surface area contributed by atoms with Crippen molar-refractivity contribution in [1.82, 2.24) is 19.9 Å². The molecule has 0 saturated heterocycles. The Labute approximate surface area is 357 Å². The highest BCUT2D eigenvalue weighted by Crippen LogP contribution is 2.49. The number of fused-ring (bicyclic) bond motifs is 1. The van der Waals surface area contributed by atoms with Gasteiger partial charge in [-0.1, -0.05) is 0 Å². The number of anilines is 2. The van der Waals surface area contributed by atoms with Crippen LogP contribution < -0.4 is 14.9 Å². The lowest BCUT2D eigenvalue weighted by atomic mass is 10.0. The maximum Gasteiger partial charge on any atom is 0.264 e. The molecule has 23 heteroatoms. The van der Waals surface area contributed by atoms with Gasteiger partial charge in [-0.2, -0.15) is 10.2 Å². The number of benzene rings is 4. The summed E-state index contributed by atoms with van der Waals surface area (Å²) in [5.41, 5.74) is -0.372. The van der Waals surface area contributed by atoms with Crippen molar-refractivity contribution < 1.29 is 46.8 Å². The number of phenols is 4. The van der Waals surface area contributed by atoms with Gasteiger partial charge in [-0.25, -0.2) is 46.2 Å². The molecule has 7 aromatic rings. The first-order valence-electron chi connectivity index (χ1n) is 18.2. The lowest BCUT2D eigenvalue weighted by molar-refractivity contribution is 0.368. The molecule has 63 heavy (non-hydrogen) atoms. The fourth-order valence-electron chi connectivity index (χ4n) is 6.20. The Balaban J connectivity index is 1.29. The highest BCUT2D eigenvalue weighted by Gasteiger charge is 2.27. The normalized spacial score (nSPS) is 12.1. The molecule has 0 aliphatic carbocycles. The Hall–Kier alpha value is -8.05. The highest BCUT2D eigenvalue weighted by atomic mass is 32.2. The molecule has 0 fully saturated rings. The number of hydrogen-bond donors (Lipinski definition) is 7. The molecule has 3 aromatic heterocycles. The number of aryl methyl sites for hydroxylation is 5. The first-order chi connectivity index (χ1) is 29.7. The van der Waals surface area contributed by atoms with E-state index in [9.17, 15) is 47.2 Å². The van der Waals surface area contributed by atoms with Gasteiger partial charge in [0.05, 0.1) is 26.6 Å². The second-order valence-electron chi connectivity index (χ2n) is 13.9. The Bertz CT molecular complexity index is 3280. The van der Waals surface area contributed by atoms with Gasteiger partial charge in [-0.05, 0) is 113 Å². The summed E-state index contributed by atoms with van der Waals surface area (Å²) in [6, 6.07) is 15.3. The number of hydrogen-bond acceptors (Lipinski definition) is 19. The van der Waals surface area contributed by atoms with Crippen molar-refractivity contribution in [2.75, 3.05) is 9.44 Å². The van der Waals surface area contributed by atoms with E-state index in [4.69, 9.17) is 4.42 Å². The molecule has 0 saturated carbocycles. The van der Waals surface area contributed by atoms with Crippen LogP contribution in [0.25, 0.3) is 22.3 Å². The fourth-order valence-corrected chi connectivity index (χ4v) is 8.08. The van der Waals surface area contributed by atoms with Gasteiger partial charge in [0.1, 0.15) is 5.69 Å². The molecule has 0 spiro atoms. The standard InChI is InChI=1S/C40H34N10O11S2/c1-18-14-19(2)42-39(41-18)49-62(57,58)26-10-6-24(7-11-26)45-47-31-22(5)30-34(54)36(56)37(23-16-28(51)33(53)29(52)17-23)61-38(30)32(35(31)55)48-46-25-8-12-27(13-9-25)63(59,60)50-40-43-20(3)15-21(4)44-40/h6-17,51-53,55-56H,1-5H3,(H,41,42,49)(H,43,44,50). The van der Waals surface area contributed by atoms with Crippen molar-refractivity contribution >= 4 is 65.7 Å². The molecule has 3 heterocycles. The van der Waals surface area contributed by atoms with E-state index in [1.807, 2.05) is 0 Å². The second-order valence-corrected chi connectivity index (χ2v) is 17.3. The van der Waals surface area contributed by atoms with Gasteiger partial charge in [-0.3, -0.25) is 4.79 Å². The van der Waals surface area contributed by atoms with Crippen molar-refractivity contribution in [1.29, 1.82) is 0 Å². The molecule has 0 bridgehead atoms. The smallest absolute Gasteiger partial charge is 0.264 e. The number of nitrogens with zero attached hydrogens (tertiary/aromatic N) is 8. The molecule has 0 unspecified atom stereocenters. The summed E-state index contributed by atoms with van der Waals surface area (Å²) >= 11 is 0. The Kier molecular flexibility index (Phi) is 11.2. The van der Waals surface area contributed by atoms with E-state index in [2.05, 4.69) is 49.8 Å². The van der Waals surface area contributed by atoms with Gasteiger partial charge >= 0.3 is 0 Å². The lowest BCUT2D eigenvalue weighted by Gasteiger charge is -2.13. The predicted molar refractivity (Wildman–Crippen MR) is 227 cm³/mol. The number of azo groups is 2. The Morgan fingerprint density at radius 2 is 0.952 bits per heavy atom. The minimum atomic E-state index is -4.15. The topological polar surface area (TPSA) is 325 Å². The summed E-state index contributed by atoms with van der Waals surface area (Å²) in [4.78, 5) is 29.9. The molecule has 7 rings (SSSR count). The van der Waals surface area contributed by atoms with Gasteiger partial charge in [0.15, 0.2) is 40.0 Å². The average molecular weight is 895 g/mol. The van der Waals surface area contributed by atoms with Crippen LogP contribution in [-0.4, -0.2) is 62.3 Å². The number of aromatic hydroxyl groups is 5. The molecule has 0 radical (unpaired) electrons. The van der Waals surface area contributed by atoms with Crippen LogP contribution in [0.15, 0.2) is 112 Å². The van der Waals surface area contributed by atoms with Crippen molar-refractivity contribution in [2.45, 2.75) is 44.4 Å². The quantitative estimate of drug-likeness (QED) is 0.0487. The van der Waals surface area contributed by atoms with E-state index in [-0.39, 0.29) is 55.3 Å². The van der Waals surface area contributed by atoms with Gasteiger partial charge in [-0.15, -0.1) is 10.2 Å². The molecule has 0 amide bonds. The van der Waals surface area contributed by atoms with E-state index >= 15 is 0 Å². The summed E-state index contributed by atoms with van der Waals surface area (Å²) in [5.74, 6) is -5.11. The van der Waals surface area contributed by atoms with E-state index < -0.39 is 71.3 Å². The molecule has 0 aliphatic rings. The number of sulfonamides is 2. The third kappa shape index (κ3) is 8.89. The van der Waals surface area contributed by atoms with E-state index in [1.54, 1.807) is 39.8 Å². The van der Waals surface area contributed by atoms with E-state index in [0.29, 0.717) is 22.8 Å². The molecule has 7 N–H and O–H groups in total. The van der Waals surface area contributed by atoms with E-state index in [0.717, 1.165) is 12.1 Å². The maximum atomic E-state index is 13.9. The summed E-state index contributed by atoms with van der Waals surface area (Å²) in [7, 11) is -8.28. The summed E-state index contributed by atoms with van der Waals surface area (Å²) in [6.07, 6.45) is 0. The summed E-state index contributed by atoms with van der Waals surface area (Å²) < 4.78 is 63.0. The van der Waals surface area contributed by atoms with Crippen LogP contribution in [0.2, 0.25) is 0 Å². The number of rotatable bonds is 11. The number of nitrogens with one attached hydrogen (secondary N) is 2. The van der Waals surface area contributed by atoms with Crippen molar-refractivity contribution in [2.24, 2.45) is 20.5 Å². The van der Waals surface area contributed by atoms with Crippen LogP contribution in [0.4, 0.5) is 34.6 Å². The van der Waals surface area contributed by atoms with Crippen LogP contribution in [-0.2, 0) is 20.0 Å². The largest absolute Gasteiger partial charge is 0.504 e. The SMILES string of the molecule is Cc1cc(C)nc(NS(=O)(=O)c2ccc(N=Nc3c(O)c(N=Nc4ccc(S(=O)(=O)Nc5nc(C)cc(C)n5)cc4)c4oc(-c5cc(O)c(O)c(O)c5)c(O)c(=O)c4c3C)cc2)n1. The first kappa shape index (κ1) is 43.1. The van der Waals surface area contributed by atoms with Crippen molar-refractivity contribution in [3.05, 3.63) is 111 Å². The Morgan fingerprint density at radius 3 is 1.38 bits per heavy atom. The minimum Gasteiger partial charge on any atom is -0.504 e. The van der Waals surface area contributed by atoms with Crippen LogP contribution >= 0.6 is 0 Å². The Morgan fingerprint density at radius 1 is 0.540 bits per heavy atom. The predicted octanol–water partition coefficient (Wildman–Crippen LogP) is 7.54. The number of phenolic OH excluding ortho intramolecular Hbond substituents is 4. The molecule has 322 valence electrons. The van der Waals surface area contributed by atoms with Crippen LogP contribution in [0, 0.1) is 34.6 Å². The molecule has 0 aliphatic heterocycles. The first-order valence-corrected chi connectivity index (χ1v) is 21.2. The van der Waals surface area contributed by atoms with Gasteiger partial charge in [0.25, 0.3) is 20.0 Å². The average Bonchev–Trinajstić information content (AvgIpc) is 3.20. The van der Waals surface area contributed by atoms with E-state index in [1.165, 1.54) is 55.5 Å². The molecule has 0 atom stereocenters. The third-order valence-corrected chi connectivity index (χ3v) is 11.7. The fraction of sp³-hybridized carbons (Fsp3) is 0.125. The number of aromatic nitrogens is 4. The van der Waals surface area contributed by atoms with Crippen LogP contribution in [0.5, 0.6) is 28.7 Å². The van der Waals surface area contributed by atoms with Crippen LogP contribution in [0.3, 0.4) is 0 Å². The zero-order valence-corrected chi connectivity index (χ0v) is 35.1. The lowest BCUT2D eigenvalue weighted by Crippen LogP contribution is -2.15. The highest BCUT2D eigenvalue weighted by molar-refractivity contribution is 7.93. The maximum absolute atomic E-state index is 13.9. The molecular formula is C40H34N10O11S2. The monoisotopic (exact) mass is 894 g/mol. The molecule has 4 aromatic carbocycles. The minimum absolute atomic E-state index is 0.0521. The van der Waals surface area contributed by atoms with Crippen LogP contribution in [0.1, 0.15) is 28.3 Å². The summed E-state index contributed by atoms with van der Waals surface area (Å²) in [6.45, 7) is 8.11.